The fraction of sp³-hybridized carbons (Fsp3) is 0.222. The summed E-state index contributed by atoms with van der Waals surface area (Å²) in [7, 11) is 0. The molecule has 5 rings (SSSR count). The highest BCUT2D eigenvalue weighted by atomic mass is 32.2. The molecule has 0 atom stereocenters. The smallest absolute Gasteiger partial charge is 0.339 e. The first-order valence-corrected chi connectivity index (χ1v) is 12.2. The number of nitrogens with zero attached hydrogens (tertiary/aromatic N) is 1. The van der Waals surface area contributed by atoms with Crippen LogP contribution in [0.3, 0.4) is 0 Å². The first-order valence-electron chi connectivity index (χ1n) is 11.2. The van der Waals surface area contributed by atoms with Gasteiger partial charge in [0.1, 0.15) is 12.2 Å². The molecule has 0 saturated carbocycles. The third-order valence-corrected chi connectivity index (χ3v) is 7.05. The van der Waals surface area contributed by atoms with Crippen LogP contribution in [0.4, 0.5) is 0 Å². The second-order valence-electron chi connectivity index (χ2n) is 8.20. The highest BCUT2D eigenvalue weighted by Gasteiger charge is 2.20. The van der Waals surface area contributed by atoms with Crippen molar-refractivity contribution < 1.29 is 18.7 Å². The molecule has 1 fully saturated rings. The Labute approximate surface area is 200 Å². The van der Waals surface area contributed by atoms with Gasteiger partial charge in [-0.15, -0.1) is 11.8 Å². The maximum Gasteiger partial charge on any atom is 0.339 e. The summed E-state index contributed by atoms with van der Waals surface area (Å²) in [6.07, 6.45) is 2.09. The highest BCUT2D eigenvalue weighted by molar-refractivity contribution is 8.00. The van der Waals surface area contributed by atoms with E-state index in [0.717, 1.165) is 42.1 Å². The number of fused-ring (bicyclic) bond motifs is 3. The van der Waals surface area contributed by atoms with Crippen molar-refractivity contribution in [2.45, 2.75) is 24.3 Å². The van der Waals surface area contributed by atoms with Crippen LogP contribution in [0.25, 0.3) is 21.7 Å². The Morgan fingerprint density at radius 2 is 1.74 bits per heavy atom. The van der Waals surface area contributed by atoms with E-state index in [-0.39, 0.29) is 18.3 Å². The molecule has 0 radical (unpaired) electrons. The second-order valence-corrected chi connectivity index (χ2v) is 9.22. The van der Waals surface area contributed by atoms with Crippen LogP contribution < -0.4 is 5.63 Å². The molecule has 7 heteroatoms. The fourth-order valence-corrected chi connectivity index (χ4v) is 5.26. The number of amides is 1. The molecule has 34 heavy (non-hydrogen) atoms. The number of likely N-dealkylation sites (tertiary alicyclic amines) is 1. The third kappa shape index (κ3) is 4.56. The number of ether oxygens (including phenoxy) is 1. The predicted octanol–water partition coefficient (Wildman–Crippen LogP) is 5.02. The van der Waals surface area contributed by atoms with Gasteiger partial charge in [-0.25, -0.2) is 9.59 Å². The zero-order chi connectivity index (χ0) is 23.5. The van der Waals surface area contributed by atoms with Crippen molar-refractivity contribution in [3.8, 4) is 0 Å². The van der Waals surface area contributed by atoms with E-state index in [1.807, 2.05) is 47.4 Å². The van der Waals surface area contributed by atoms with Crippen LogP contribution >= 0.6 is 11.8 Å². The van der Waals surface area contributed by atoms with Gasteiger partial charge in [0.2, 0.25) is 5.91 Å². The first-order chi connectivity index (χ1) is 16.6. The summed E-state index contributed by atoms with van der Waals surface area (Å²) < 4.78 is 11.0. The number of thioether (sulfide) groups is 1. The van der Waals surface area contributed by atoms with Crippen molar-refractivity contribution in [1.82, 2.24) is 4.90 Å². The minimum Gasteiger partial charge on any atom is -0.457 e. The second kappa shape index (κ2) is 9.73. The molecule has 6 nitrogen and oxygen atoms in total. The number of hydrogen-bond acceptors (Lipinski definition) is 6. The van der Waals surface area contributed by atoms with Crippen LogP contribution in [0.5, 0.6) is 0 Å². The zero-order valence-electron chi connectivity index (χ0n) is 18.5. The van der Waals surface area contributed by atoms with E-state index >= 15 is 0 Å². The Balaban J connectivity index is 1.36. The third-order valence-electron chi connectivity index (χ3n) is 5.99. The van der Waals surface area contributed by atoms with Crippen molar-refractivity contribution in [2.75, 3.05) is 18.8 Å². The van der Waals surface area contributed by atoms with Crippen LogP contribution in [-0.2, 0) is 16.1 Å². The van der Waals surface area contributed by atoms with E-state index in [2.05, 4.69) is 0 Å². The molecule has 1 amide bonds. The quantitative estimate of drug-likeness (QED) is 0.169. The molecule has 0 N–H and O–H groups in total. The van der Waals surface area contributed by atoms with Crippen molar-refractivity contribution >= 4 is 45.4 Å². The molecule has 1 aliphatic heterocycles. The summed E-state index contributed by atoms with van der Waals surface area (Å²) in [5.74, 6) is -0.140. The Morgan fingerprint density at radius 1 is 0.971 bits per heavy atom. The molecule has 1 saturated heterocycles. The molecular formula is C27H23NO5S. The number of hydrogen-bond donors (Lipinski definition) is 0. The van der Waals surface area contributed by atoms with Gasteiger partial charge in [0.25, 0.3) is 0 Å². The largest absolute Gasteiger partial charge is 0.457 e. The molecule has 0 spiro atoms. The van der Waals surface area contributed by atoms with E-state index in [1.54, 1.807) is 18.2 Å². The van der Waals surface area contributed by atoms with Gasteiger partial charge in [-0.2, -0.15) is 0 Å². The van der Waals surface area contributed by atoms with Crippen LogP contribution in [-0.4, -0.2) is 35.6 Å². The standard InChI is InChI=1S/C27H23NO5S/c29-24(28-13-5-6-14-28)17-34-23-10-4-3-9-21(23)27(31)32-16-19-15-25(30)33-22-12-11-18-7-1-2-8-20(18)26(19)22/h1-4,7-12,15H,5-6,13-14,16-17H2. The lowest BCUT2D eigenvalue weighted by molar-refractivity contribution is -0.127. The lowest BCUT2D eigenvalue weighted by Crippen LogP contribution is -2.29. The van der Waals surface area contributed by atoms with E-state index in [1.165, 1.54) is 17.8 Å². The van der Waals surface area contributed by atoms with Gasteiger partial charge >= 0.3 is 11.6 Å². The Morgan fingerprint density at radius 3 is 2.59 bits per heavy atom. The van der Waals surface area contributed by atoms with Crippen molar-refractivity contribution in [3.63, 3.8) is 0 Å². The predicted molar refractivity (Wildman–Crippen MR) is 132 cm³/mol. The molecule has 0 bridgehead atoms. The minimum atomic E-state index is -0.502. The van der Waals surface area contributed by atoms with Crippen molar-refractivity contribution in [2.24, 2.45) is 0 Å². The average Bonchev–Trinajstić information content (AvgIpc) is 3.40. The van der Waals surface area contributed by atoms with E-state index in [4.69, 9.17) is 9.15 Å². The summed E-state index contributed by atoms with van der Waals surface area (Å²) in [6, 6.07) is 19.9. The topological polar surface area (TPSA) is 76.8 Å². The van der Waals surface area contributed by atoms with Gasteiger partial charge in [0.15, 0.2) is 0 Å². The van der Waals surface area contributed by atoms with Crippen molar-refractivity contribution in [3.05, 3.63) is 88.3 Å². The van der Waals surface area contributed by atoms with Gasteiger partial charge in [-0.05, 0) is 41.8 Å². The summed E-state index contributed by atoms with van der Waals surface area (Å²) in [4.78, 5) is 40.1. The number of carbonyl (C=O) groups excluding carboxylic acids is 2. The minimum absolute atomic E-state index is 0.0688. The lowest BCUT2D eigenvalue weighted by Gasteiger charge is -2.15. The van der Waals surface area contributed by atoms with Crippen LogP contribution in [0.15, 0.2) is 80.8 Å². The molecule has 2 heterocycles. The number of carbonyl (C=O) groups is 2. The normalized spacial score (nSPS) is 13.5. The Kier molecular flexibility index (Phi) is 6.36. The number of esters is 1. The lowest BCUT2D eigenvalue weighted by atomic mass is 10.0. The summed E-state index contributed by atoms with van der Waals surface area (Å²) in [5.41, 5.74) is 0.948. The van der Waals surface area contributed by atoms with E-state index in [0.29, 0.717) is 21.6 Å². The van der Waals surface area contributed by atoms with Gasteiger partial charge in [0.05, 0.1) is 11.3 Å². The van der Waals surface area contributed by atoms with Crippen molar-refractivity contribution in [1.29, 1.82) is 0 Å². The molecule has 1 aromatic heterocycles. The van der Waals surface area contributed by atoms with Gasteiger partial charge in [-0.3, -0.25) is 4.79 Å². The first kappa shape index (κ1) is 22.2. The van der Waals surface area contributed by atoms with E-state index in [9.17, 15) is 14.4 Å². The molecule has 3 aromatic carbocycles. The maximum atomic E-state index is 13.0. The molecule has 172 valence electrons. The monoisotopic (exact) mass is 473 g/mol. The van der Waals surface area contributed by atoms with Gasteiger partial charge in [-0.1, -0.05) is 42.5 Å². The molecule has 0 aliphatic carbocycles. The molecule has 0 unspecified atom stereocenters. The maximum absolute atomic E-state index is 13.0. The van der Waals surface area contributed by atoms with E-state index < -0.39 is 11.6 Å². The molecule has 4 aromatic rings. The zero-order valence-corrected chi connectivity index (χ0v) is 19.3. The fourth-order valence-electron chi connectivity index (χ4n) is 4.31. The number of benzene rings is 3. The summed E-state index contributed by atoms with van der Waals surface area (Å²) in [5, 5.41) is 2.68. The van der Waals surface area contributed by atoms with Crippen LogP contribution in [0.2, 0.25) is 0 Å². The summed E-state index contributed by atoms with van der Waals surface area (Å²) in [6.45, 7) is 1.54. The Hall–Kier alpha value is -3.58. The van der Waals surface area contributed by atoms with Gasteiger partial charge < -0.3 is 14.1 Å². The highest BCUT2D eigenvalue weighted by Crippen LogP contribution is 2.29. The average molecular weight is 474 g/mol. The summed E-state index contributed by atoms with van der Waals surface area (Å²) >= 11 is 1.34. The van der Waals surface area contributed by atoms with Crippen LogP contribution in [0.1, 0.15) is 28.8 Å². The van der Waals surface area contributed by atoms with Crippen LogP contribution in [0, 0.1) is 0 Å². The Bertz CT molecular complexity index is 1440. The molecular weight excluding hydrogens is 450 g/mol. The SMILES string of the molecule is O=C(OCc1cc(=O)oc2ccc3ccccc3c12)c1ccccc1SCC(=O)N1CCCC1. The number of rotatable bonds is 6. The van der Waals surface area contributed by atoms with Gasteiger partial charge in [0, 0.05) is 35.0 Å². The molecule has 1 aliphatic rings.